The first kappa shape index (κ1) is 15.5. The quantitative estimate of drug-likeness (QED) is 0.860. The van der Waals surface area contributed by atoms with Gasteiger partial charge in [0.1, 0.15) is 12.4 Å². The van der Waals surface area contributed by atoms with E-state index in [1.165, 1.54) is 0 Å². The number of aliphatic hydroxyl groups is 1. The molecule has 0 aliphatic heterocycles. The predicted molar refractivity (Wildman–Crippen MR) is 73.8 cm³/mol. The van der Waals surface area contributed by atoms with Crippen LogP contribution in [-0.4, -0.2) is 28.4 Å². The van der Waals surface area contributed by atoms with Crippen molar-refractivity contribution in [2.75, 3.05) is 6.61 Å². The number of ether oxygens (including phenoxy) is 1. The topological polar surface area (TPSA) is 66.8 Å². The number of aryl methyl sites for hydroxylation is 2. The van der Waals surface area contributed by atoms with Gasteiger partial charge in [0.05, 0.1) is 11.2 Å². The van der Waals surface area contributed by atoms with Gasteiger partial charge in [-0.3, -0.25) is 0 Å². The summed E-state index contributed by atoms with van der Waals surface area (Å²) in [5, 5.41) is 19.1. The van der Waals surface area contributed by atoms with Crippen molar-refractivity contribution in [2.24, 2.45) is 5.92 Å². The summed E-state index contributed by atoms with van der Waals surface area (Å²) >= 11 is 0. The highest BCUT2D eigenvalue weighted by Gasteiger charge is 2.26. The van der Waals surface area contributed by atoms with Gasteiger partial charge in [0.25, 0.3) is 0 Å². The largest absolute Gasteiger partial charge is 0.490 e. The van der Waals surface area contributed by atoms with Crippen molar-refractivity contribution >= 4 is 5.97 Å². The number of carboxylic acid groups (broad SMARTS) is 1. The molecule has 1 aromatic rings. The van der Waals surface area contributed by atoms with Crippen molar-refractivity contribution in [3.8, 4) is 5.75 Å². The Balaban J connectivity index is 2.94. The molecular weight excluding hydrogens is 244 g/mol. The van der Waals surface area contributed by atoms with E-state index in [2.05, 4.69) is 0 Å². The second-order valence-electron chi connectivity index (χ2n) is 5.54. The van der Waals surface area contributed by atoms with E-state index in [0.29, 0.717) is 5.75 Å². The highest BCUT2D eigenvalue weighted by molar-refractivity contribution is 5.88. The minimum atomic E-state index is -0.952. The molecule has 2 N–H and O–H groups in total. The SMILES string of the molecule is Cc1cc(C(=O)O)cc(C)c1OCC(C)(O)C(C)C. The highest BCUT2D eigenvalue weighted by Crippen LogP contribution is 2.27. The standard InChI is InChI=1S/C15H22O4/c1-9(2)15(5,18)8-19-13-10(3)6-12(14(16)17)7-11(13)4/h6-7,9,18H,8H2,1-5H3,(H,16,17). The molecule has 1 rings (SSSR count). The van der Waals surface area contributed by atoms with Crippen molar-refractivity contribution < 1.29 is 19.7 Å². The van der Waals surface area contributed by atoms with Gasteiger partial charge in [-0.1, -0.05) is 13.8 Å². The van der Waals surface area contributed by atoms with E-state index in [1.807, 2.05) is 13.8 Å². The summed E-state index contributed by atoms with van der Waals surface area (Å²) in [6.45, 7) is 9.37. The number of benzene rings is 1. The molecule has 0 amide bonds. The lowest BCUT2D eigenvalue weighted by Crippen LogP contribution is -2.38. The molecule has 0 spiro atoms. The van der Waals surface area contributed by atoms with Crippen molar-refractivity contribution in [3.63, 3.8) is 0 Å². The number of hydrogen-bond donors (Lipinski definition) is 2. The summed E-state index contributed by atoms with van der Waals surface area (Å²) in [7, 11) is 0. The average Bonchev–Trinajstić information content (AvgIpc) is 2.27. The Morgan fingerprint density at radius 1 is 1.32 bits per heavy atom. The van der Waals surface area contributed by atoms with Crippen LogP contribution >= 0.6 is 0 Å². The Morgan fingerprint density at radius 3 is 2.16 bits per heavy atom. The maximum Gasteiger partial charge on any atom is 0.335 e. The fraction of sp³-hybridized carbons (Fsp3) is 0.533. The zero-order chi connectivity index (χ0) is 14.8. The number of aromatic carboxylic acids is 1. The van der Waals surface area contributed by atoms with Crippen LogP contribution in [0.2, 0.25) is 0 Å². The Morgan fingerprint density at radius 2 is 1.79 bits per heavy atom. The number of carbonyl (C=O) groups is 1. The molecule has 0 aliphatic carbocycles. The van der Waals surface area contributed by atoms with Crippen molar-refractivity contribution in [1.82, 2.24) is 0 Å². The molecule has 0 aromatic heterocycles. The molecule has 0 heterocycles. The molecule has 1 atom stereocenters. The van der Waals surface area contributed by atoms with Gasteiger partial charge >= 0.3 is 5.97 Å². The molecule has 0 aliphatic rings. The molecule has 0 radical (unpaired) electrons. The minimum absolute atomic E-state index is 0.0754. The van der Waals surface area contributed by atoms with Gasteiger partial charge in [-0.05, 0) is 49.9 Å². The summed E-state index contributed by atoms with van der Waals surface area (Å²) in [4.78, 5) is 10.9. The van der Waals surface area contributed by atoms with E-state index in [9.17, 15) is 9.90 Å². The molecule has 1 unspecified atom stereocenters. The van der Waals surface area contributed by atoms with Gasteiger partial charge < -0.3 is 14.9 Å². The van der Waals surface area contributed by atoms with Crippen LogP contribution in [0.15, 0.2) is 12.1 Å². The maximum absolute atomic E-state index is 10.9. The zero-order valence-electron chi connectivity index (χ0n) is 12.2. The summed E-state index contributed by atoms with van der Waals surface area (Å²) in [6, 6.07) is 3.16. The van der Waals surface area contributed by atoms with Crippen LogP contribution in [0.5, 0.6) is 5.75 Å². The smallest absolute Gasteiger partial charge is 0.335 e. The van der Waals surface area contributed by atoms with Crippen LogP contribution in [0.1, 0.15) is 42.3 Å². The van der Waals surface area contributed by atoms with Gasteiger partial charge in [0, 0.05) is 0 Å². The first-order valence-corrected chi connectivity index (χ1v) is 6.35. The molecule has 19 heavy (non-hydrogen) atoms. The fourth-order valence-electron chi connectivity index (χ4n) is 1.69. The van der Waals surface area contributed by atoms with Crippen molar-refractivity contribution in [2.45, 2.75) is 40.2 Å². The van der Waals surface area contributed by atoms with Crippen molar-refractivity contribution in [1.29, 1.82) is 0 Å². The average molecular weight is 266 g/mol. The van der Waals surface area contributed by atoms with Crippen LogP contribution in [-0.2, 0) is 0 Å². The highest BCUT2D eigenvalue weighted by atomic mass is 16.5. The third kappa shape index (κ3) is 3.70. The van der Waals surface area contributed by atoms with Crippen LogP contribution in [0.3, 0.4) is 0 Å². The third-order valence-electron chi connectivity index (χ3n) is 3.46. The molecule has 4 heteroatoms. The Hall–Kier alpha value is -1.55. The number of carboxylic acids is 1. The molecule has 0 bridgehead atoms. The van der Waals surface area contributed by atoms with Crippen LogP contribution in [0, 0.1) is 19.8 Å². The molecule has 1 aromatic carbocycles. The monoisotopic (exact) mass is 266 g/mol. The number of rotatable bonds is 5. The molecular formula is C15H22O4. The predicted octanol–water partition coefficient (Wildman–Crippen LogP) is 2.79. The first-order valence-electron chi connectivity index (χ1n) is 6.35. The normalized spacial score (nSPS) is 14.3. The van der Waals surface area contributed by atoms with E-state index in [0.717, 1.165) is 11.1 Å². The second kappa shape index (κ2) is 5.61. The van der Waals surface area contributed by atoms with E-state index >= 15 is 0 Å². The van der Waals surface area contributed by atoms with Crippen LogP contribution in [0.4, 0.5) is 0 Å². The van der Waals surface area contributed by atoms with Gasteiger partial charge in [0.15, 0.2) is 0 Å². The Bertz CT molecular complexity index is 452. The summed E-state index contributed by atoms with van der Waals surface area (Å²) in [6.07, 6.45) is 0. The molecule has 0 fully saturated rings. The lowest BCUT2D eigenvalue weighted by Gasteiger charge is -2.28. The fourth-order valence-corrected chi connectivity index (χ4v) is 1.69. The van der Waals surface area contributed by atoms with Crippen LogP contribution in [0.25, 0.3) is 0 Å². The minimum Gasteiger partial charge on any atom is -0.490 e. The third-order valence-corrected chi connectivity index (χ3v) is 3.46. The summed E-state index contributed by atoms with van der Waals surface area (Å²) in [5.41, 5.74) is 0.858. The van der Waals surface area contributed by atoms with E-state index in [4.69, 9.17) is 9.84 Å². The zero-order valence-corrected chi connectivity index (χ0v) is 12.2. The van der Waals surface area contributed by atoms with Gasteiger partial charge in [0.2, 0.25) is 0 Å². The molecule has 0 saturated heterocycles. The van der Waals surface area contributed by atoms with E-state index < -0.39 is 11.6 Å². The Kier molecular flexibility index (Phi) is 4.58. The number of hydrogen-bond acceptors (Lipinski definition) is 3. The lowest BCUT2D eigenvalue weighted by molar-refractivity contribution is -0.0269. The Labute approximate surface area is 114 Å². The van der Waals surface area contributed by atoms with Gasteiger partial charge in [-0.25, -0.2) is 4.79 Å². The molecule has 0 saturated carbocycles. The maximum atomic E-state index is 10.9. The molecule has 106 valence electrons. The van der Waals surface area contributed by atoms with Crippen LogP contribution < -0.4 is 4.74 Å². The summed E-state index contributed by atoms with van der Waals surface area (Å²) in [5.74, 6) is -0.232. The van der Waals surface area contributed by atoms with E-state index in [-0.39, 0.29) is 18.1 Å². The van der Waals surface area contributed by atoms with Gasteiger partial charge in [-0.2, -0.15) is 0 Å². The first-order chi connectivity index (χ1) is 8.65. The van der Waals surface area contributed by atoms with E-state index in [1.54, 1.807) is 32.9 Å². The van der Waals surface area contributed by atoms with Gasteiger partial charge in [-0.15, -0.1) is 0 Å². The molecule has 4 nitrogen and oxygen atoms in total. The lowest BCUT2D eigenvalue weighted by atomic mass is 9.93. The van der Waals surface area contributed by atoms with Crippen molar-refractivity contribution in [3.05, 3.63) is 28.8 Å². The summed E-state index contributed by atoms with van der Waals surface area (Å²) < 4.78 is 5.69. The second-order valence-corrected chi connectivity index (χ2v) is 5.54.